The van der Waals surface area contributed by atoms with Gasteiger partial charge in [-0.3, -0.25) is 14.3 Å². The van der Waals surface area contributed by atoms with E-state index < -0.39 is 0 Å². The SMILES string of the molecule is CCN(c1c(C)c(C(=O)CCC2=C(C)C=C(C)CC2=O)cc2c1cnn2C)C1CCN(C2CCOCC2)CC1. The van der Waals surface area contributed by atoms with E-state index in [0.29, 0.717) is 31.3 Å². The number of allylic oxidation sites excluding steroid dienone is 4. The molecule has 0 bridgehead atoms. The van der Waals surface area contributed by atoms with Crippen LogP contribution in [0.4, 0.5) is 5.69 Å². The summed E-state index contributed by atoms with van der Waals surface area (Å²) < 4.78 is 7.46. The number of ether oxygens (including phenoxy) is 1. The third-order valence-electron chi connectivity index (χ3n) is 9.17. The lowest BCUT2D eigenvalue weighted by atomic mass is 9.88. The summed E-state index contributed by atoms with van der Waals surface area (Å²) >= 11 is 0. The molecule has 0 N–H and O–H groups in total. The first-order valence-corrected chi connectivity index (χ1v) is 14.8. The molecule has 7 heteroatoms. The number of anilines is 1. The van der Waals surface area contributed by atoms with Crippen molar-refractivity contribution in [3.8, 4) is 0 Å². The molecule has 0 amide bonds. The molecule has 2 fully saturated rings. The van der Waals surface area contributed by atoms with Crippen molar-refractivity contribution in [1.29, 1.82) is 0 Å². The zero-order valence-corrected chi connectivity index (χ0v) is 24.4. The average Bonchev–Trinajstić information content (AvgIpc) is 3.30. The number of aryl methyl sites for hydroxylation is 1. The van der Waals surface area contributed by atoms with Gasteiger partial charge < -0.3 is 14.5 Å². The number of likely N-dealkylation sites (tertiary alicyclic amines) is 1. The third-order valence-corrected chi connectivity index (χ3v) is 9.17. The van der Waals surface area contributed by atoms with Crippen molar-refractivity contribution in [1.82, 2.24) is 14.7 Å². The Balaban J connectivity index is 1.40. The number of benzene rings is 1. The van der Waals surface area contributed by atoms with Crippen LogP contribution in [0.15, 0.2) is 35.1 Å². The van der Waals surface area contributed by atoms with Gasteiger partial charge in [0.2, 0.25) is 0 Å². The first-order valence-electron chi connectivity index (χ1n) is 14.8. The minimum absolute atomic E-state index is 0.0987. The second kappa shape index (κ2) is 11.8. The molecule has 0 saturated carbocycles. The Morgan fingerprint density at radius 2 is 1.85 bits per heavy atom. The molecule has 3 heterocycles. The summed E-state index contributed by atoms with van der Waals surface area (Å²) in [6.07, 6.45) is 9.84. The minimum atomic E-state index is 0.0987. The Morgan fingerprint density at radius 1 is 1.13 bits per heavy atom. The van der Waals surface area contributed by atoms with E-state index in [0.717, 1.165) is 103 Å². The van der Waals surface area contributed by atoms with Crippen LogP contribution in [0.5, 0.6) is 0 Å². The summed E-state index contributed by atoms with van der Waals surface area (Å²) in [6, 6.07) is 3.09. The number of aromatic nitrogens is 2. The van der Waals surface area contributed by atoms with Gasteiger partial charge in [0.15, 0.2) is 11.6 Å². The normalized spacial score (nSPS) is 20.1. The Morgan fingerprint density at radius 3 is 2.51 bits per heavy atom. The van der Waals surface area contributed by atoms with Crippen molar-refractivity contribution in [2.45, 2.75) is 84.7 Å². The van der Waals surface area contributed by atoms with Gasteiger partial charge in [-0.05, 0) is 82.6 Å². The maximum Gasteiger partial charge on any atom is 0.163 e. The molecule has 0 unspecified atom stereocenters. The maximum absolute atomic E-state index is 13.7. The quantitative estimate of drug-likeness (QED) is 0.415. The van der Waals surface area contributed by atoms with Gasteiger partial charge in [-0.2, -0.15) is 5.10 Å². The second-order valence-corrected chi connectivity index (χ2v) is 11.7. The predicted molar refractivity (Wildman–Crippen MR) is 157 cm³/mol. The van der Waals surface area contributed by atoms with Gasteiger partial charge in [-0.25, -0.2) is 0 Å². The summed E-state index contributed by atoms with van der Waals surface area (Å²) in [5.41, 5.74) is 6.82. The number of carbonyl (C=O) groups excluding carboxylic acids is 2. The number of hydrogen-bond donors (Lipinski definition) is 0. The van der Waals surface area contributed by atoms with Gasteiger partial charge in [0, 0.05) is 75.8 Å². The number of nitrogens with zero attached hydrogens (tertiary/aromatic N) is 4. The van der Waals surface area contributed by atoms with Crippen LogP contribution in [0, 0.1) is 6.92 Å². The fourth-order valence-corrected chi connectivity index (χ4v) is 7.04. The molecule has 0 radical (unpaired) electrons. The number of rotatable bonds is 8. The van der Waals surface area contributed by atoms with Crippen LogP contribution in [0.1, 0.15) is 81.6 Å². The van der Waals surface area contributed by atoms with E-state index >= 15 is 0 Å². The smallest absolute Gasteiger partial charge is 0.163 e. The Labute approximate surface area is 232 Å². The molecule has 2 aliphatic heterocycles. The lowest BCUT2D eigenvalue weighted by Crippen LogP contribution is -2.49. The molecule has 210 valence electrons. The van der Waals surface area contributed by atoms with Gasteiger partial charge in [0.1, 0.15) is 0 Å². The van der Waals surface area contributed by atoms with Gasteiger partial charge in [-0.15, -0.1) is 0 Å². The zero-order chi connectivity index (χ0) is 27.7. The Hall–Kier alpha value is -2.77. The standard InChI is InChI=1S/C32H44N4O3/c1-6-36(25-9-13-35(14-10-25)24-11-15-39-16-12-24)32-23(4)27(19-29-28(32)20-33-34(29)5)30(37)8-7-26-22(3)17-21(2)18-31(26)38/h17,19-20,24-25H,6-16,18H2,1-5H3. The van der Waals surface area contributed by atoms with E-state index in [1.165, 1.54) is 0 Å². The first-order chi connectivity index (χ1) is 18.8. The van der Waals surface area contributed by atoms with Crippen molar-refractivity contribution in [2.24, 2.45) is 7.05 Å². The van der Waals surface area contributed by atoms with E-state index in [1.807, 2.05) is 37.8 Å². The monoisotopic (exact) mass is 532 g/mol. The molecule has 3 aliphatic rings. The molecule has 1 aliphatic carbocycles. The van der Waals surface area contributed by atoms with Crippen LogP contribution in [0.3, 0.4) is 0 Å². The molecular formula is C32H44N4O3. The topological polar surface area (TPSA) is 67.7 Å². The Bertz CT molecular complexity index is 1310. The second-order valence-electron chi connectivity index (χ2n) is 11.7. The number of hydrogen-bond acceptors (Lipinski definition) is 6. The number of piperidine rings is 1. The number of carbonyl (C=O) groups is 2. The molecule has 7 nitrogen and oxygen atoms in total. The summed E-state index contributed by atoms with van der Waals surface area (Å²) in [7, 11) is 1.95. The van der Waals surface area contributed by atoms with E-state index in [-0.39, 0.29) is 11.6 Å². The van der Waals surface area contributed by atoms with Gasteiger partial charge in [-0.1, -0.05) is 11.6 Å². The fraction of sp³-hybridized carbons (Fsp3) is 0.594. The van der Waals surface area contributed by atoms with Crippen molar-refractivity contribution < 1.29 is 14.3 Å². The molecule has 39 heavy (non-hydrogen) atoms. The molecular weight excluding hydrogens is 488 g/mol. The minimum Gasteiger partial charge on any atom is -0.381 e. The van der Waals surface area contributed by atoms with Crippen LogP contribution >= 0.6 is 0 Å². The lowest BCUT2D eigenvalue weighted by Gasteiger charge is -2.43. The van der Waals surface area contributed by atoms with E-state index in [2.05, 4.69) is 34.8 Å². The number of fused-ring (bicyclic) bond motifs is 1. The molecule has 0 spiro atoms. The van der Waals surface area contributed by atoms with E-state index in [1.54, 1.807) is 0 Å². The predicted octanol–water partition coefficient (Wildman–Crippen LogP) is 5.55. The average molecular weight is 533 g/mol. The number of Topliss-reactive ketones (excluding diaryl/α,β-unsaturated/α-hetero) is 2. The lowest BCUT2D eigenvalue weighted by molar-refractivity contribution is -0.115. The highest BCUT2D eigenvalue weighted by Crippen LogP contribution is 2.37. The van der Waals surface area contributed by atoms with E-state index in [9.17, 15) is 9.59 Å². The van der Waals surface area contributed by atoms with Gasteiger partial charge >= 0.3 is 0 Å². The van der Waals surface area contributed by atoms with Crippen LogP contribution < -0.4 is 4.90 Å². The zero-order valence-electron chi connectivity index (χ0n) is 24.4. The summed E-state index contributed by atoms with van der Waals surface area (Å²) in [4.78, 5) is 31.6. The molecule has 2 aromatic rings. The van der Waals surface area contributed by atoms with E-state index in [4.69, 9.17) is 4.74 Å². The van der Waals surface area contributed by atoms with Crippen LogP contribution in [-0.2, 0) is 16.6 Å². The molecule has 0 atom stereocenters. The number of ketones is 2. The molecule has 5 rings (SSSR count). The summed E-state index contributed by atoms with van der Waals surface area (Å²) in [5, 5.41) is 5.69. The van der Waals surface area contributed by atoms with Crippen LogP contribution in [0.25, 0.3) is 10.9 Å². The molecule has 1 aromatic heterocycles. The summed E-state index contributed by atoms with van der Waals surface area (Å²) in [5.74, 6) is 0.255. The highest BCUT2D eigenvalue weighted by atomic mass is 16.5. The third kappa shape index (κ3) is 5.62. The van der Waals surface area contributed by atoms with Gasteiger partial charge in [0.05, 0.1) is 17.4 Å². The highest BCUT2D eigenvalue weighted by molar-refractivity contribution is 6.07. The van der Waals surface area contributed by atoms with Crippen molar-refractivity contribution >= 4 is 28.2 Å². The maximum atomic E-state index is 13.7. The fourth-order valence-electron chi connectivity index (χ4n) is 7.04. The molecule has 2 saturated heterocycles. The van der Waals surface area contributed by atoms with Crippen LogP contribution in [-0.4, -0.2) is 71.2 Å². The highest BCUT2D eigenvalue weighted by Gasteiger charge is 2.31. The Kier molecular flexibility index (Phi) is 8.38. The van der Waals surface area contributed by atoms with Crippen molar-refractivity contribution in [3.05, 3.63) is 46.2 Å². The van der Waals surface area contributed by atoms with Crippen molar-refractivity contribution in [2.75, 3.05) is 37.7 Å². The van der Waals surface area contributed by atoms with Crippen LogP contribution in [0.2, 0.25) is 0 Å². The van der Waals surface area contributed by atoms with Gasteiger partial charge in [0.25, 0.3) is 0 Å². The summed E-state index contributed by atoms with van der Waals surface area (Å²) in [6.45, 7) is 13.2. The first kappa shape index (κ1) is 27.8. The van der Waals surface area contributed by atoms with Crippen molar-refractivity contribution in [3.63, 3.8) is 0 Å². The largest absolute Gasteiger partial charge is 0.381 e. The molecule has 1 aromatic carbocycles.